The first-order valence-electron chi connectivity index (χ1n) is 11.6. The van der Waals surface area contributed by atoms with E-state index in [1.807, 2.05) is 42.5 Å². The summed E-state index contributed by atoms with van der Waals surface area (Å²) < 4.78 is 5.68. The molecule has 178 valence electrons. The summed E-state index contributed by atoms with van der Waals surface area (Å²) in [6, 6.07) is 25.1. The fraction of sp³-hybridized carbons (Fsp3) is 0.250. The third kappa shape index (κ3) is 4.03. The van der Waals surface area contributed by atoms with E-state index in [9.17, 15) is 19.5 Å². The number of nitrogens with zero attached hydrogens (tertiary/aromatic N) is 1. The molecule has 2 N–H and O–H groups in total. The molecule has 1 atom stereocenters. The summed E-state index contributed by atoms with van der Waals surface area (Å²) in [7, 11) is 0. The van der Waals surface area contributed by atoms with E-state index in [0.717, 1.165) is 22.3 Å². The number of carbonyl (C=O) groups is 3. The molecule has 0 saturated carbocycles. The number of hydrogen-bond acceptors (Lipinski definition) is 4. The van der Waals surface area contributed by atoms with Gasteiger partial charge in [0.25, 0.3) is 5.91 Å². The molecule has 1 aliphatic heterocycles. The fourth-order valence-corrected chi connectivity index (χ4v) is 4.98. The summed E-state index contributed by atoms with van der Waals surface area (Å²) in [6.45, 7) is 1.98. The molecular weight excluding hydrogens is 444 g/mol. The Morgan fingerprint density at radius 3 is 2.03 bits per heavy atom. The first-order chi connectivity index (χ1) is 16.9. The van der Waals surface area contributed by atoms with Crippen molar-refractivity contribution in [1.82, 2.24) is 10.2 Å². The maximum atomic E-state index is 13.4. The number of rotatable bonds is 6. The van der Waals surface area contributed by atoms with Gasteiger partial charge in [-0.2, -0.15) is 0 Å². The van der Waals surface area contributed by atoms with Crippen LogP contribution in [0.4, 0.5) is 4.79 Å². The summed E-state index contributed by atoms with van der Waals surface area (Å²) in [4.78, 5) is 39.1. The lowest BCUT2D eigenvalue weighted by Crippen LogP contribution is -2.62. The number of hydrogen-bond donors (Lipinski definition) is 2. The van der Waals surface area contributed by atoms with Crippen molar-refractivity contribution in [2.45, 2.75) is 18.4 Å². The average Bonchev–Trinajstić information content (AvgIpc) is 3.15. The van der Waals surface area contributed by atoms with Crippen molar-refractivity contribution in [3.63, 3.8) is 0 Å². The maximum Gasteiger partial charge on any atom is 0.408 e. The molecule has 2 amide bonds. The van der Waals surface area contributed by atoms with Crippen LogP contribution in [0.25, 0.3) is 11.1 Å². The van der Waals surface area contributed by atoms with Crippen LogP contribution < -0.4 is 5.32 Å². The number of aliphatic carboxylic acids is 1. The largest absolute Gasteiger partial charge is 0.481 e. The summed E-state index contributed by atoms with van der Waals surface area (Å²) in [6.07, 6.45) is -0.707. The van der Waals surface area contributed by atoms with Crippen LogP contribution in [0, 0.1) is 5.92 Å². The second-order valence-corrected chi connectivity index (χ2v) is 9.19. The second kappa shape index (κ2) is 8.91. The smallest absolute Gasteiger partial charge is 0.408 e. The highest BCUT2D eigenvalue weighted by Gasteiger charge is 2.46. The zero-order chi connectivity index (χ0) is 24.6. The highest BCUT2D eigenvalue weighted by molar-refractivity contribution is 5.92. The van der Waals surface area contributed by atoms with Crippen molar-refractivity contribution in [3.05, 3.63) is 95.6 Å². The second-order valence-electron chi connectivity index (χ2n) is 9.19. The number of benzene rings is 3. The van der Waals surface area contributed by atoms with E-state index in [1.54, 1.807) is 31.2 Å². The van der Waals surface area contributed by atoms with Crippen LogP contribution >= 0.6 is 0 Å². The topological polar surface area (TPSA) is 95.9 Å². The Morgan fingerprint density at radius 1 is 0.914 bits per heavy atom. The molecule has 7 heteroatoms. The molecule has 0 aromatic heterocycles. The Kier molecular flexibility index (Phi) is 5.76. The molecule has 1 saturated heterocycles. The molecule has 3 aromatic carbocycles. The SMILES string of the molecule is CC(NC(=O)OCC1c2ccccc2-c2ccccc21)(C(=O)N1CC(C(=O)O)C1)c1ccccc1. The summed E-state index contributed by atoms with van der Waals surface area (Å²) in [5, 5.41) is 12.0. The van der Waals surface area contributed by atoms with E-state index in [2.05, 4.69) is 17.4 Å². The maximum absolute atomic E-state index is 13.4. The zero-order valence-electron chi connectivity index (χ0n) is 19.3. The van der Waals surface area contributed by atoms with Crippen LogP contribution in [0.15, 0.2) is 78.9 Å². The van der Waals surface area contributed by atoms with Gasteiger partial charge in [0.1, 0.15) is 12.1 Å². The van der Waals surface area contributed by atoms with Gasteiger partial charge in [0.05, 0.1) is 5.92 Å². The molecular formula is C28H26N2O5. The van der Waals surface area contributed by atoms with E-state index < -0.39 is 23.5 Å². The van der Waals surface area contributed by atoms with Gasteiger partial charge in [-0.15, -0.1) is 0 Å². The highest BCUT2D eigenvalue weighted by Crippen LogP contribution is 2.44. The molecule has 1 unspecified atom stereocenters. The van der Waals surface area contributed by atoms with Gasteiger partial charge in [-0.25, -0.2) is 4.79 Å². The third-order valence-corrected chi connectivity index (χ3v) is 6.99. The summed E-state index contributed by atoms with van der Waals surface area (Å²) in [5.74, 6) is -1.98. The number of likely N-dealkylation sites (tertiary alicyclic amines) is 1. The minimum absolute atomic E-state index is 0.0986. The van der Waals surface area contributed by atoms with Gasteiger partial charge >= 0.3 is 12.1 Å². The standard InChI is InChI=1S/C28H26N2O5/c1-28(19-9-3-2-4-10-19,26(33)30-15-18(16-30)25(31)32)29-27(34)35-17-24-22-13-7-5-11-20(22)21-12-6-8-14-23(21)24/h2-14,18,24H,15-17H2,1H3,(H,29,34)(H,31,32). The molecule has 7 nitrogen and oxygen atoms in total. The number of fused-ring (bicyclic) bond motifs is 3. The Labute approximate surface area is 203 Å². The van der Waals surface area contributed by atoms with Crippen molar-refractivity contribution in [3.8, 4) is 11.1 Å². The van der Waals surface area contributed by atoms with Crippen molar-refractivity contribution in [1.29, 1.82) is 0 Å². The normalized spacial score (nSPS) is 16.4. The quantitative estimate of drug-likeness (QED) is 0.568. The lowest BCUT2D eigenvalue weighted by atomic mass is 9.87. The Balaban J connectivity index is 1.33. The van der Waals surface area contributed by atoms with E-state index in [-0.39, 0.29) is 31.5 Å². The van der Waals surface area contributed by atoms with Gasteiger partial charge < -0.3 is 20.1 Å². The Hall–Kier alpha value is -4.13. The van der Waals surface area contributed by atoms with Crippen LogP contribution in [-0.2, 0) is 19.9 Å². The predicted octanol–water partition coefficient (Wildman–Crippen LogP) is 3.98. The molecule has 0 bridgehead atoms. The molecule has 3 aromatic rings. The van der Waals surface area contributed by atoms with Crippen LogP contribution in [-0.4, -0.2) is 47.7 Å². The lowest BCUT2D eigenvalue weighted by molar-refractivity contribution is -0.155. The van der Waals surface area contributed by atoms with Gasteiger partial charge in [-0.05, 0) is 34.7 Å². The monoisotopic (exact) mass is 470 g/mol. The van der Waals surface area contributed by atoms with Gasteiger partial charge in [0, 0.05) is 19.0 Å². The molecule has 1 aliphatic carbocycles. The van der Waals surface area contributed by atoms with Crippen molar-refractivity contribution in [2.24, 2.45) is 5.92 Å². The van der Waals surface area contributed by atoms with Crippen molar-refractivity contribution >= 4 is 18.0 Å². The first-order valence-corrected chi connectivity index (χ1v) is 11.6. The zero-order valence-corrected chi connectivity index (χ0v) is 19.3. The van der Waals surface area contributed by atoms with Crippen molar-refractivity contribution in [2.75, 3.05) is 19.7 Å². The molecule has 1 heterocycles. The number of carboxylic acids is 1. The Morgan fingerprint density at radius 2 is 1.46 bits per heavy atom. The van der Waals surface area contributed by atoms with E-state index in [4.69, 9.17) is 4.74 Å². The van der Waals surface area contributed by atoms with Gasteiger partial charge in [-0.1, -0.05) is 78.9 Å². The molecule has 2 aliphatic rings. The molecule has 1 fully saturated rings. The predicted molar refractivity (Wildman–Crippen MR) is 130 cm³/mol. The highest BCUT2D eigenvalue weighted by atomic mass is 16.5. The Bertz CT molecular complexity index is 1240. The third-order valence-electron chi connectivity index (χ3n) is 6.99. The van der Waals surface area contributed by atoms with Gasteiger partial charge in [0.15, 0.2) is 0 Å². The number of carbonyl (C=O) groups excluding carboxylic acids is 2. The number of ether oxygens (including phenoxy) is 1. The fourth-order valence-electron chi connectivity index (χ4n) is 4.98. The molecule has 0 spiro atoms. The molecule has 35 heavy (non-hydrogen) atoms. The van der Waals surface area contributed by atoms with Crippen LogP contribution in [0.3, 0.4) is 0 Å². The van der Waals surface area contributed by atoms with Crippen LogP contribution in [0.5, 0.6) is 0 Å². The molecule has 5 rings (SSSR count). The van der Waals surface area contributed by atoms with Gasteiger partial charge in [0.2, 0.25) is 0 Å². The van der Waals surface area contributed by atoms with E-state index in [0.29, 0.717) is 5.56 Å². The average molecular weight is 471 g/mol. The van der Waals surface area contributed by atoms with Crippen molar-refractivity contribution < 1.29 is 24.2 Å². The van der Waals surface area contributed by atoms with E-state index in [1.165, 1.54) is 4.90 Å². The summed E-state index contributed by atoms with van der Waals surface area (Å²) >= 11 is 0. The van der Waals surface area contributed by atoms with Gasteiger partial charge in [-0.3, -0.25) is 9.59 Å². The minimum Gasteiger partial charge on any atom is -0.481 e. The van der Waals surface area contributed by atoms with E-state index >= 15 is 0 Å². The first kappa shape index (κ1) is 22.7. The van der Waals surface area contributed by atoms with Crippen LogP contribution in [0.2, 0.25) is 0 Å². The van der Waals surface area contributed by atoms with Crippen LogP contribution in [0.1, 0.15) is 29.5 Å². The number of amides is 2. The minimum atomic E-state index is -1.40. The number of carboxylic acid groups (broad SMARTS) is 1. The summed E-state index contributed by atoms with van der Waals surface area (Å²) in [5.41, 5.74) is 3.66. The molecule has 0 radical (unpaired) electrons. The number of alkyl carbamates (subject to hydrolysis) is 1. The lowest BCUT2D eigenvalue weighted by Gasteiger charge is -2.42. The number of nitrogens with one attached hydrogen (secondary N) is 1.